The number of nitrogen functional groups attached to an aromatic ring is 1. The zero-order valence-corrected chi connectivity index (χ0v) is 11.6. The van der Waals surface area contributed by atoms with Gasteiger partial charge in [-0.2, -0.15) is 0 Å². The van der Waals surface area contributed by atoms with Gasteiger partial charge in [0.2, 0.25) is 0 Å². The normalized spacial score (nSPS) is 10.6. The van der Waals surface area contributed by atoms with Crippen LogP contribution in [0.15, 0.2) is 59.2 Å². The van der Waals surface area contributed by atoms with Crippen molar-refractivity contribution in [2.75, 3.05) is 5.73 Å². The number of ether oxygens (including phenoxy) is 1. The van der Waals surface area contributed by atoms with Crippen LogP contribution in [0, 0.1) is 0 Å². The van der Waals surface area contributed by atoms with Crippen LogP contribution in [-0.2, 0) is 0 Å². The molecule has 0 aliphatic rings. The molecule has 0 aliphatic carbocycles. The number of hydrogen-bond acceptors (Lipinski definition) is 3. The van der Waals surface area contributed by atoms with Gasteiger partial charge < -0.3 is 10.5 Å². The van der Waals surface area contributed by atoms with Gasteiger partial charge in [-0.05, 0) is 40.2 Å². The molecule has 2 N–H and O–H groups in total. The minimum Gasteiger partial charge on any atom is -0.453 e. The lowest BCUT2D eigenvalue weighted by molar-refractivity contribution is 0.487. The summed E-state index contributed by atoms with van der Waals surface area (Å²) in [7, 11) is 0. The fourth-order valence-corrected chi connectivity index (χ4v) is 2.25. The van der Waals surface area contributed by atoms with Gasteiger partial charge in [0, 0.05) is 5.39 Å². The van der Waals surface area contributed by atoms with Crippen molar-refractivity contribution < 1.29 is 4.74 Å². The number of aromatic nitrogens is 1. The van der Waals surface area contributed by atoms with Gasteiger partial charge in [0.25, 0.3) is 0 Å². The van der Waals surface area contributed by atoms with Crippen molar-refractivity contribution in [2.24, 2.45) is 0 Å². The van der Waals surface area contributed by atoms with E-state index in [2.05, 4.69) is 20.9 Å². The highest BCUT2D eigenvalue weighted by Gasteiger charge is 2.10. The SMILES string of the molecule is Nc1cnc2ccccc2c1Oc1ccccc1Br. The Kier molecular flexibility index (Phi) is 3.09. The molecule has 3 rings (SSSR count). The maximum Gasteiger partial charge on any atom is 0.161 e. The third-order valence-corrected chi connectivity index (χ3v) is 3.46. The van der Waals surface area contributed by atoms with Crippen LogP contribution in [0.25, 0.3) is 10.9 Å². The molecule has 0 radical (unpaired) electrons. The van der Waals surface area contributed by atoms with Gasteiger partial charge in [0.1, 0.15) is 5.75 Å². The first kappa shape index (κ1) is 12.0. The number of halogens is 1. The predicted molar refractivity (Wildman–Crippen MR) is 80.4 cm³/mol. The Balaban J connectivity index is 2.15. The number of para-hydroxylation sites is 2. The molecule has 0 bridgehead atoms. The molecule has 3 aromatic rings. The first-order valence-corrected chi connectivity index (χ1v) is 6.60. The van der Waals surface area contributed by atoms with E-state index in [0.717, 1.165) is 21.1 Å². The van der Waals surface area contributed by atoms with Crippen molar-refractivity contribution in [3.63, 3.8) is 0 Å². The minimum absolute atomic E-state index is 0.523. The molecule has 0 saturated carbocycles. The van der Waals surface area contributed by atoms with Crippen LogP contribution in [0.2, 0.25) is 0 Å². The Morgan fingerprint density at radius 3 is 2.58 bits per heavy atom. The second-order valence-electron chi connectivity index (χ2n) is 4.09. The van der Waals surface area contributed by atoms with E-state index in [1.165, 1.54) is 0 Å². The number of hydrogen-bond donors (Lipinski definition) is 1. The van der Waals surface area contributed by atoms with Crippen LogP contribution in [0.4, 0.5) is 5.69 Å². The molecule has 3 nitrogen and oxygen atoms in total. The molecule has 0 atom stereocenters. The Hall–Kier alpha value is -2.07. The molecule has 0 aliphatic heterocycles. The van der Waals surface area contributed by atoms with Crippen molar-refractivity contribution in [1.82, 2.24) is 4.98 Å². The number of rotatable bonds is 2. The summed E-state index contributed by atoms with van der Waals surface area (Å²) >= 11 is 3.46. The van der Waals surface area contributed by atoms with Crippen molar-refractivity contribution in [1.29, 1.82) is 0 Å². The molecular formula is C15H11BrN2O. The first-order valence-electron chi connectivity index (χ1n) is 5.81. The summed E-state index contributed by atoms with van der Waals surface area (Å²) in [5.74, 6) is 1.36. The molecule has 4 heteroatoms. The van der Waals surface area contributed by atoms with Crippen LogP contribution in [-0.4, -0.2) is 4.98 Å². The monoisotopic (exact) mass is 314 g/mol. The minimum atomic E-state index is 0.523. The summed E-state index contributed by atoms with van der Waals surface area (Å²) in [5.41, 5.74) is 7.36. The zero-order chi connectivity index (χ0) is 13.2. The quantitative estimate of drug-likeness (QED) is 0.764. The third kappa shape index (κ3) is 2.27. The lowest BCUT2D eigenvalue weighted by Gasteiger charge is -2.12. The molecule has 1 heterocycles. The smallest absolute Gasteiger partial charge is 0.161 e. The van der Waals surface area contributed by atoms with E-state index in [0.29, 0.717) is 11.4 Å². The van der Waals surface area contributed by atoms with E-state index in [4.69, 9.17) is 10.5 Å². The van der Waals surface area contributed by atoms with Crippen molar-refractivity contribution in [3.8, 4) is 11.5 Å². The summed E-state index contributed by atoms with van der Waals surface area (Å²) < 4.78 is 6.83. The third-order valence-electron chi connectivity index (χ3n) is 2.80. The Morgan fingerprint density at radius 1 is 1.00 bits per heavy atom. The predicted octanol–water partition coefficient (Wildman–Crippen LogP) is 4.37. The topological polar surface area (TPSA) is 48.1 Å². The Labute approximate surface area is 119 Å². The number of anilines is 1. The average molecular weight is 315 g/mol. The summed E-state index contributed by atoms with van der Waals surface area (Å²) in [6, 6.07) is 15.4. The molecule has 0 saturated heterocycles. The molecule has 0 spiro atoms. The Morgan fingerprint density at radius 2 is 1.74 bits per heavy atom. The van der Waals surface area contributed by atoms with E-state index >= 15 is 0 Å². The standard InChI is InChI=1S/C15H11BrN2O/c16-11-6-2-4-8-14(11)19-15-10-5-1-3-7-13(10)18-9-12(15)17/h1-9H,17H2. The van der Waals surface area contributed by atoms with Crippen LogP contribution >= 0.6 is 15.9 Å². The van der Waals surface area contributed by atoms with Crippen molar-refractivity contribution in [3.05, 3.63) is 59.2 Å². The first-order chi connectivity index (χ1) is 9.25. The van der Waals surface area contributed by atoms with E-state index < -0.39 is 0 Å². The highest BCUT2D eigenvalue weighted by molar-refractivity contribution is 9.10. The van der Waals surface area contributed by atoms with Crippen LogP contribution in [0.1, 0.15) is 0 Å². The molecular weight excluding hydrogens is 304 g/mol. The molecule has 1 aromatic heterocycles. The summed E-state index contributed by atoms with van der Waals surface area (Å²) in [6.45, 7) is 0. The molecule has 0 unspecified atom stereocenters. The molecule has 94 valence electrons. The van der Waals surface area contributed by atoms with Gasteiger partial charge in [-0.15, -0.1) is 0 Å². The summed E-state index contributed by atoms with van der Waals surface area (Å²) in [6.07, 6.45) is 1.62. The Bertz CT molecular complexity index is 743. The van der Waals surface area contributed by atoms with Crippen LogP contribution < -0.4 is 10.5 Å². The summed E-state index contributed by atoms with van der Waals surface area (Å²) in [5, 5.41) is 0.901. The number of fused-ring (bicyclic) bond motifs is 1. The number of nitrogens with two attached hydrogens (primary N) is 1. The fraction of sp³-hybridized carbons (Fsp3) is 0. The highest BCUT2D eigenvalue weighted by Crippen LogP contribution is 2.36. The molecule has 0 fully saturated rings. The zero-order valence-electron chi connectivity index (χ0n) is 10.0. The van der Waals surface area contributed by atoms with Gasteiger partial charge in [-0.25, -0.2) is 0 Å². The average Bonchev–Trinajstić information content (AvgIpc) is 2.44. The highest BCUT2D eigenvalue weighted by atomic mass is 79.9. The van der Waals surface area contributed by atoms with E-state index in [1.807, 2.05) is 48.5 Å². The van der Waals surface area contributed by atoms with E-state index in [1.54, 1.807) is 6.20 Å². The van der Waals surface area contributed by atoms with Gasteiger partial charge in [0.15, 0.2) is 5.75 Å². The van der Waals surface area contributed by atoms with Crippen molar-refractivity contribution >= 4 is 32.5 Å². The second-order valence-corrected chi connectivity index (χ2v) is 4.95. The number of nitrogens with zero attached hydrogens (tertiary/aromatic N) is 1. The van der Waals surface area contributed by atoms with Crippen LogP contribution in [0.5, 0.6) is 11.5 Å². The van der Waals surface area contributed by atoms with Gasteiger partial charge >= 0.3 is 0 Å². The largest absolute Gasteiger partial charge is 0.453 e. The van der Waals surface area contributed by atoms with Crippen LogP contribution in [0.3, 0.4) is 0 Å². The van der Waals surface area contributed by atoms with Crippen molar-refractivity contribution in [2.45, 2.75) is 0 Å². The number of benzene rings is 2. The van der Waals surface area contributed by atoms with E-state index in [9.17, 15) is 0 Å². The second kappa shape index (κ2) is 4.90. The fourth-order valence-electron chi connectivity index (χ4n) is 1.88. The maximum atomic E-state index is 5.98. The lowest BCUT2D eigenvalue weighted by atomic mass is 10.2. The molecule has 0 amide bonds. The lowest BCUT2D eigenvalue weighted by Crippen LogP contribution is -1.95. The molecule has 2 aromatic carbocycles. The summed E-state index contributed by atoms with van der Waals surface area (Å²) in [4.78, 5) is 4.29. The van der Waals surface area contributed by atoms with Gasteiger partial charge in [0.05, 0.1) is 21.9 Å². The number of pyridine rings is 1. The van der Waals surface area contributed by atoms with E-state index in [-0.39, 0.29) is 0 Å². The molecule has 19 heavy (non-hydrogen) atoms. The van der Waals surface area contributed by atoms with Gasteiger partial charge in [-0.3, -0.25) is 4.98 Å². The van der Waals surface area contributed by atoms with Gasteiger partial charge in [-0.1, -0.05) is 24.3 Å². The maximum absolute atomic E-state index is 5.98.